The van der Waals surface area contributed by atoms with Crippen LogP contribution in [0.3, 0.4) is 0 Å². The third-order valence-electron chi connectivity index (χ3n) is 2.31. The van der Waals surface area contributed by atoms with Crippen molar-refractivity contribution in [3.8, 4) is 0 Å². The summed E-state index contributed by atoms with van der Waals surface area (Å²) in [4.78, 5) is 22.5. The van der Waals surface area contributed by atoms with Crippen molar-refractivity contribution in [1.29, 1.82) is 0 Å². The molecule has 0 fully saturated rings. The first-order valence-electron chi connectivity index (χ1n) is 5.43. The molecule has 0 radical (unpaired) electrons. The summed E-state index contributed by atoms with van der Waals surface area (Å²) < 4.78 is 27.2. The van der Waals surface area contributed by atoms with Gasteiger partial charge in [-0.2, -0.15) is 0 Å². The molecule has 1 aromatic rings. The molecule has 0 aliphatic carbocycles. The number of sulfone groups is 1. The molecule has 0 saturated heterocycles. The van der Waals surface area contributed by atoms with Crippen molar-refractivity contribution in [2.75, 3.05) is 12.9 Å². The molecule has 5 nitrogen and oxygen atoms in total. The molecule has 0 atom stereocenters. The van der Waals surface area contributed by atoms with E-state index in [4.69, 9.17) is 0 Å². The summed E-state index contributed by atoms with van der Waals surface area (Å²) in [6, 6.07) is 6.72. The summed E-state index contributed by atoms with van der Waals surface area (Å²) >= 11 is 0. The van der Waals surface area contributed by atoms with Gasteiger partial charge < -0.3 is 4.74 Å². The van der Waals surface area contributed by atoms with Gasteiger partial charge in [-0.3, -0.25) is 9.59 Å². The topological polar surface area (TPSA) is 77.5 Å². The average Bonchev–Trinajstić information content (AvgIpc) is 2.36. The zero-order valence-corrected chi connectivity index (χ0v) is 11.4. The lowest BCUT2D eigenvalue weighted by Crippen LogP contribution is -2.15. The maximum atomic E-state index is 11.7. The number of rotatable bonds is 5. The maximum absolute atomic E-state index is 11.7. The highest BCUT2D eigenvalue weighted by Crippen LogP contribution is 2.05. The van der Waals surface area contributed by atoms with Crippen molar-refractivity contribution in [3.63, 3.8) is 0 Å². The molecule has 102 valence electrons. The van der Waals surface area contributed by atoms with Crippen molar-refractivity contribution < 1.29 is 22.7 Å². The molecule has 0 unspecified atom stereocenters. The number of ether oxygens (including phenoxy) is 1. The first-order valence-corrected chi connectivity index (χ1v) is 7.14. The molecule has 0 aliphatic rings. The molecule has 0 amide bonds. The van der Waals surface area contributed by atoms with Crippen molar-refractivity contribution >= 4 is 21.6 Å². The standard InChI is InChI=1S/C13H14O5S/c1-10-3-5-11(6-4-10)12(14)7-8-19(16,17)9-13(15)18-2/h3-8H,9H2,1-2H3/b8-7+. The van der Waals surface area contributed by atoms with Crippen LogP contribution in [-0.2, 0) is 19.4 Å². The van der Waals surface area contributed by atoms with Gasteiger partial charge in [0.15, 0.2) is 21.4 Å². The molecule has 0 aromatic heterocycles. The third-order valence-corrected chi connectivity index (χ3v) is 3.50. The number of esters is 1. The smallest absolute Gasteiger partial charge is 0.321 e. The quantitative estimate of drug-likeness (QED) is 0.462. The van der Waals surface area contributed by atoms with E-state index in [2.05, 4.69) is 4.74 Å². The summed E-state index contributed by atoms with van der Waals surface area (Å²) in [6.45, 7) is 1.88. The summed E-state index contributed by atoms with van der Waals surface area (Å²) in [7, 11) is -2.68. The van der Waals surface area contributed by atoms with Gasteiger partial charge in [0.2, 0.25) is 0 Å². The Morgan fingerprint density at radius 3 is 2.32 bits per heavy atom. The minimum absolute atomic E-state index is 0.384. The van der Waals surface area contributed by atoms with Crippen LogP contribution in [0.25, 0.3) is 0 Å². The van der Waals surface area contributed by atoms with Gasteiger partial charge in [-0.15, -0.1) is 0 Å². The molecule has 19 heavy (non-hydrogen) atoms. The van der Waals surface area contributed by atoms with Crippen LogP contribution in [-0.4, -0.2) is 33.0 Å². The van der Waals surface area contributed by atoms with Crippen LogP contribution in [0.15, 0.2) is 35.7 Å². The molecular weight excluding hydrogens is 268 g/mol. The monoisotopic (exact) mass is 282 g/mol. The van der Waals surface area contributed by atoms with Gasteiger partial charge in [-0.25, -0.2) is 8.42 Å². The molecule has 0 aliphatic heterocycles. The fraction of sp³-hybridized carbons (Fsp3) is 0.231. The first-order chi connectivity index (χ1) is 8.84. The Bertz CT molecular complexity index is 596. The number of carbonyl (C=O) groups is 2. The van der Waals surface area contributed by atoms with E-state index in [1.165, 1.54) is 0 Å². The lowest BCUT2D eigenvalue weighted by molar-refractivity contribution is -0.137. The number of methoxy groups -OCH3 is 1. The maximum Gasteiger partial charge on any atom is 0.321 e. The molecular formula is C13H14O5S. The van der Waals surface area contributed by atoms with E-state index in [0.717, 1.165) is 24.2 Å². The van der Waals surface area contributed by atoms with Crippen LogP contribution in [0.4, 0.5) is 0 Å². The number of allylic oxidation sites excluding steroid dienone is 1. The minimum atomic E-state index is -3.78. The van der Waals surface area contributed by atoms with Gasteiger partial charge >= 0.3 is 5.97 Å². The number of hydrogen-bond acceptors (Lipinski definition) is 5. The predicted molar refractivity (Wildman–Crippen MR) is 70.5 cm³/mol. The fourth-order valence-corrected chi connectivity index (χ4v) is 2.12. The van der Waals surface area contributed by atoms with Gasteiger partial charge in [0, 0.05) is 11.0 Å². The van der Waals surface area contributed by atoms with Gasteiger partial charge in [0.1, 0.15) is 0 Å². The summed E-state index contributed by atoms with van der Waals surface area (Å²) in [5, 5.41) is 0.728. The van der Waals surface area contributed by atoms with Gasteiger partial charge in [-0.05, 0) is 13.0 Å². The Morgan fingerprint density at radius 1 is 1.21 bits per heavy atom. The van der Waals surface area contributed by atoms with Crippen LogP contribution in [0.5, 0.6) is 0 Å². The number of carbonyl (C=O) groups excluding carboxylic acids is 2. The fourth-order valence-electron chi connectivity index (χ4n) is 1.25. The Labute approximate surface area is 111 Å². The van der Waals surface area contributed by atoms with Gasteiger partial charge in [0.25, 0.3) is 0 Å². The van der Waals surface area contributed by atoms with E-state index >= 15 is 0 Å². The Hall–Kier alpha value is -1.95. The molecule has 0 bridgehead atoms. The lowest BCUT2D eigenvalue weighted by Gasteiger charge is -1.98. The van der Waals surface area contributed by atoms with Crippen molar-refractivity contribution in [3.05, 3.63) is 46.9 Å². The minimum Gasteiger partial charge on any atom is -0.468 e. The van der Waals surface area contributed by atoms with E-state index < -0.39 is 27.3 Å². The zero-order valence-electron chi connectivity index (χ0n) is 10.6. The Morgan fingerprint density at radius 2 is 1.79 bits per heavy atom. The molecule has 1 aromatic carbocycles. The van der Waals surface area contributed by atoms with Crippen LogP contribution >= 0.6 is 0 Å². The van der Waals surface area contributed by atoms with E-state index in [9.17, 15) is 18.0 Å². The molecule has 0 N–H and O–H groups in total. The van der Waals surface area contributed by atoms with Crippen LogP contribution in [0.2, 0.25) is 0 Å². The molecule has 0 spiro atoms. The molecule has 0 heterocycles. The van der Waals surface area contributed by atoms with Gasteiger partial charge in [0.05, 0.1) is 7.11 Å². The van der Waals surface area contributed by atoms with Crippen LogP contribution in [0.1, 0.15) is 15.9 Å². The number of hydrogen-bond donors (Lipinski definition) is 0. The number of benzene rings is 1. The molecule has 0 saturated carbocycles. The summed E-state index contributed by atoms with van der Waals surface area (Å²) in [5.74, 6) is -2.08. The van der Waals surface area contributed by atoms with Crippen molar-refractivity contribution in [2.24, 2.45) is 0 Å². The average molecular weight is 282 g/mol. The van der Waals surface area contributed by atoms with E-state index in [1.807, 2.05) is 6.92 Å². The third kappa shape index (κ3) is 5.05. The van der Waals surface area contributed by atoms with Crippen LogP contribution in [0, 0.1) is 6.92 Å². The van der Waals surface area contributed by atoms with Crippen molar-refractivity contribution in [1.82, 2.24) is 0 Å². The van der Waals surface area contributed by atoms with E-state index in [1.54, 1.807) is 24.3 Å². The van der Waals surface area contributed by atoms with E-state index in [0.29, 0.717) is 5.56 Å². The number of aryl methyl sites for hydroxylation is 1. The first kappa shape index (κ1) is 15.1. The second kappa shape index (κ2) is 6.29. The Kier molecular flexibility index (Phi) is 5.00. The summed E-state index contributed by atoms with van der Waals surface area (Å²) in [5.41, 5.74) is 1.38. The SMILES string of the molecule is COC(=O)CS(=O)(=O)/C=C/C(=O)c1ccc(C)cc1. The predicted octanol–water partition coefficient (Wildman–Crippen LogP) is 1.28. The highest BCUT2D eigenvalue weighted by atomic mass is 32.2. The van der Waals surface area contributed by atoms with Crippen LogP contribution < -0.4 is 0 Å². The highest BCUT2D eigenvalue weighted by molar-refractivity contribution is 7.94. The lowest BCUT2D eigenvalue weighted by atomic mass is 10.1. The second-order valence-corrected chi connectivity index (χ2v) is 5.80. The van der Waals surface area contributed by atoms with Gasteiger partial charge in [-0.1, -0.05) is 29.8 Å². The summed E-state index contributed by atoms with van der Waals surface area (Å²) in [6.07, 6.45) is 0.933. The molecule has 1 rings (SSSR count). The van der Waals surface area contributed by atoms with Crippen molar-refractivity contribution in [2.45, 2.75) is 6.92 Å². The largest absolute Gasteiger partial charge is 0.468 e. The zero-order chi connectivity index (χ0) is 14.5. The Balaban J connectivity index is 2.78. The second-order valence-electron chi connectivity index (χ2n) is 3.92. The molecule has 6 heteroatoms. The van der Waals surface area contributed by atoms with E-state index in [-0.39, 0.29) is 0 Å². The number of ketones is 1. The highest BCUT2D eigenvalue weighted by Gasteiger charge is 2.14. The normalized spacial score (nSPS) is 11.5.